The third-order valence-corrected chi connectivity index (χ3v) is 3.21. The number of aromatic nitrogens is 2. The van der Waals surface area contributed by atoms with E-state index >= 15 is 0 Å². The molecule has 1 N–H and O–H groups in total. The molecule has 1 aromatic heterocycles. The molecule has 0 radical (unpaired) electrons. The average molecular weight is 248 g/mol. The molecule has 2 rings (SSSR count). The van der Waals surface area contributed by atoms with E-state index in [-0.39, 0.29) is 5.54 Å². The third-order valence-electron chi connectivity index (χ3n) is 3.21. The molecule has 0 unspecified atom stereocenters. The van der Waals surface area contributed by atoms with E-state index in [0.717, 1.165) is 30.8 Å². The number of rotatable bonds is 2. The lowest BCUT2D eigenvalue weighted by Crippen LogP contribution is -2.34. The molecular weight excluding hydrogens is 224 g/mol. The van der Waals surface area contributed by atoms with Gasteiger partial charge in [-0.3, -0.25) is 0 Å². The molecule has 1 aliphatic heterocycles. The molecule has 2 heterocycles. The highest BCUT2D eigenvalue weighted by molar-refractivity contribution is 5.42. The summed E-state index contributed by atoms with van der Waals surface area (Å²) in [4.78, 5) is 11.3. The maximum atomic E-state index is 4.61. The van der Waals surface area contributed by atoms with Gasteiger partial charge in [-0.2, -0.15) is 4.98 Å². The van der Waals surface area contributed by atoms with Crippen molar-refractivity contribution in [1.82, 2.24) is 9.97 Å². The monoisotopic (exact) mass is 248 g/mol. The van der Waals surface area contributed by atoms with E-state index in [2.05, 4.69) is 47.9 Å². The first-order valence-corrected chi connectivity index (χ1v) is 6.80. The lowest BCUT2D eigenvalue weighted by molar-refractivity contribution is 0.434. The number of anilines is 2. The highest BCUT2D eigenvalue weighted by atomic mass is 15.3. The van der Waals surface area contributed by atoms with Gasteiger partial charge in [-0.25, -0.2) is 4.98 Å². The van der Waals surface area contributed by atoms with E-state index in [1.165, 1.54) is 12.8 Å². The van der Waals surface area contributed by atoms with Gasteiger partial charge in [-0.15, -0.1) is 0 Å². The Morgan fingerprint density at radius 2 is 1.94 bits per heavy atom. The highest BCUT2D eigenvalue weighted by Gasteiger charge is 2.18. The van der Waals surface area contributed by atoms with Crippen LogP contribution in [-0.4, -0.2) is 28.6 Å². The van der Waals surface area contributed by atoms with Gasteiger partial charge >= 0.3 is 0 Å². The minimum Gasteiger partial charge on any atom is -0.365 e. The fraction of sp³-hybridized carbons (Fsp3) is 0.714. The summed E-state index contributed by atoms with van der Waals surface area (Å²) in [5, 5.41) is 3.39. The smallest absolute Gasteiger partial charge is 0.227 e. The van der Waals surface area contributed by atoms with Crippen LogP contribution >= 0.6 is 0 Å². The van der Waals surface area contributed by atoms with E-state index in [1.54, 1.807) is 0 Å². The molecule has 0 amide bonds. The zero-order chi connectivity index (χ0) is 13.2. The Kier molecular flexibility index (Phi) is 3.73. The number of hydrogen-bond acceptors (Lipinski definition) is 4. The van der Waals surface area contributed by atoms with Crippen molar-refractivity contribution in [3.8, 4) is 0 Å². The van der Waals surface area contributed by atoms with Crippen molar-refractivity contribution in [1.29, 1.82) is 0 Å². The molecule has 1 saturated heterocycles. The molecule has 0 spiro atoms. The van der Waals surface area contributed by atoms with Crippen LogP contribution in [0.3, 0.4) is 0 Å². The normalized spacial score (nSPS) is 17.9. The van der Waals surface area contributed by atoms with Gasteiger partial charge in [0.15, 0.2) is 0 Å². The van der Waals surface area contributed by atoms with Crippen molar-refractivity contribution in [3.05, 3.63) is 12.3 Å². The highest BCUT2D eigenvalue weighted by Crippen LogP contribution is 2.21. The summed E-state index contributed by atoms with van der Waals surface area (Å²) in [7, 11) is 0. The van der Waals surface area contributed by atoms with Crippen LogP contribution in [0.15, 0.2) is 12.3 Å². The molecule has 1 aromatic rings. The summed E-state index contributed by atoms with van der Waals surface area (Å²) in [5.41, 5.74) is 0.0298. The van der Waals surface area contributed by atoms with Gasteiger partial charge in [-0.05, 0) is 45.6 Å². The number of nitrogens with zero attached hydrogens (tertiary/aromatic N) is 3. The SMILES string of the molecule is CC1CCN(c2nccc(NC(C)(C)C)n2)CC1. The molecule has 0 aliphatic carbocycles. The molecule has 18 heavy (non-hydrogen) atoms. The quantitative estimate of drug-likeness (QED) is 0.873. The predicted molar refractivity (Wildman–Crippen MR) is 76.0 cm³/mol. The van der Waals surface area contributed by atoms with Crippen molar-refractivity contribution >= 4 is 11.8 Å². The minimum atomic E-state index is 0.0298. The van der Waals surface area contributed by atoms with Crippen LogP contribution in [0, 0.1) is 5.92 Å². The topological polar surface area (TPSA) is 41.1 Å². The Bertz CT molecular complexity index is 389. The fourth-order valence-corrected chi connectivity index (χ4v) is 2.16. The summed E-state index contributed by atoms with van der Waals surface area (Å²) >= 11 is 0. The number of hydrogen-bond donors (Lipinski definition) is 1. The molecule has 0 saturated carbocycles. The first-order chi connectivity index (χ1) is 8.44. The second kappa shape index (κ2) is 5.12. The van der Waals surface area contributed by atoms with Gasteiger partial charge in [0.25, 0.3) is 0 Å². The van der Waals surface area contributed by atoms with Gasteiger partial charge in [-0.1, -0.05) is 6.92 Å². The zero-order valence-electron chi connectivity index (χ0n) is 11.9. The second-order valence-electron chi connectivity index (χ2n) is 6.29. The Morgan fingerprint density at radius 1 is 1.28 bits per heavy atom. The Morgan fingerprint density at radius 3 is 2.56 bits per heavy atom. The molecule has 0 aromatic carbocycles. The molecule has 0 bridgehead atoms. The zero-order valence-corrected chi connectivity index (χ0v) is 11.9. The Labute approximate surface area is 110 Å². The van der Waals surface area contributed by atoms with Crippen LogP contribution in [-0.2, 0) is 0 Å². The summed E-state index contributed by atoms with van der Waals surface area (Å²) in [6.07, 6.45) is 4.31. The maximum absolute atomic E-state index is 4.61. The Balaban J connectivity index is 2.07. The molecule has 4 nitrogen and oxygen atoms in total. The second-order valence-corrected chi connectivity index (χ2v) is 6.29. The lowest BCUT2D eigenvalue weighted by atomic mass is 10.00. The molecule has 1 fully saturated rings. The van der Waals surface area contributed by atoms with Crippen molar-refractivity contribution < 1.29 is 0 Å². The average Bonchev–Trinajstić information content (AvgIpc) is 2.28. The number of nitrogens with one attached hydrogen (secondary N) is 1. The fourth-order valence-electron chi connectivity index (χ4n) is 2.16. The largest absolute Gasteiger partial charge is 0.365 e. The summed E-state index contributed by atoms with van der Waals surface area (Å²) < 4.78 is 0. The van der Waals surface area contributed by atoms with Crippen LogP contribution in [0.5, 0.6) is 0 Å². The van der Waals surface area contributed by atoms with Gasteiger partial charge in [0.1, 0.15) is 5.82 Å². The van der Waals surface area contributed by atoms with E-state index in [1.807, 2.05) is 12.3 Å². The summed E-state index contributed by atoms with van der Waals surface area (Å²) in [6.45, 7) is 10.9. The first kappa shape index (κ1) is 13.1. The Hall–Kier alpha value is -1.32. The predicted octanol–water partition coefficient (Wildman–Crippen LogP) is 2.92. The molecule has 100 valence electrons. The van der Waals surface area contributed by atoms with Gasteiger partial charge < -0.3 is 10.2 Å². The summed E-state index contributed by atoms with van der Waals surface area (Å²) in [5.74, 6) is 2.60. The van der Waals surface area contributed by atoms with E-state index in [0.29, 0.717) is 0 Å². The van der Waals surface area contributed by atoms with Crippen LogP contribution in [0.25, 0.3) is 0 Å². The van der Waals surface area contributed by atoms with E-state index in [9.17, 15) is 0 Å². The van der Waals surface area contributed by atoms with Crippen LogP contribution in [0.4, 0.5) is 11.8 Å². The van der Waals surface area contributed by atoms with Crippen molar-refractivity contribution in [2.75, 3.05) is 23.3 Å². The standard InChI is InChI=1S/C14H24N4/c1-11-6-9-18(10-7-11)13-15-8-5-12(16-13)17-14(2,3)4/h5,8,11H,6-7,9-10H2,1-4H3,(H,15,16,17). The lowest BCUT2D eigenvalue weighted by Gasteiger charge is -2.30. The summed E-state index contributed by atoms with van der Waals surface area (Å²) in [6, 6.07) is 1.93. The minimum absolute atomic E-state index is 0.0298. The first-order valence-electron chi connectivity index (χ1n) is 6.80. The number of piperidine rings is 1. The van der Waals surface area contributed by atoms with Gasteiger partial charge in [0.05, 0.1) is 0 Å². The van der Waals surface area contributed by atoms with Crippen LogP contribution in [0.2, 0.25) is 0 Å². The van der Waals surface area contributed by atoms with Crippen molar-refractivity contribution in [2.24, 2.45) is 5.92 Å². The van der Waals surface area contributed by atoms with Crippen LogP contribution in [0.1, 0.15) is 40.5 Å². The van der Waals surface area contributed by atoms with Gasteiger partial charge in [0, 0.05) is 24.8 Å². The van der Waals surface area contributed by atoms with Crippen LogP contribution < -0.4 is 10.2 Å². The van der Waals surface area contributed by atoms with E-state index in [4.69, 9.17) is 0 Å². The van der Waals surface area contributed by atoms with Crippen molar-refractivity contribution in [2.45, 2.75) is 46.1 Å². The third kappa shape index (κ3) is 3.59. The van der Waals surface area contributed by atoms with E-state index < -0.39 is 0 Å². The van der Waals surface area contributed by atoms with Crippen molar-refractivity contribution in [3.63, 3.8) is 0 Å². The molecular formula is C14H24N4. The maximum Gasteiger partial charge on any atom is 0.227 e. The molecule has 0 atom stereocenters. The van der Waals surface area contributed by atoms with Gasteiger partial charge in [0.2, 0.25) is 5.95 Å². The molecule has 1 aliphatic rings. The molecule has 4 heteroatoms.